The molecule has 0 amide bonds. The van der Waals surface area contributed by atoms with Gasteiger partial charge in [0.25, 0.3) is 0 Å². The average molecular weight is 1950 g/mol. The molecule has 1 unspecified atom stereocenters. The molecule has 12 fully saturated rings. The van der Waals surface area contributed by atoms with Crippen LogP contribution in [0.5, 0.6) is 0 Å². The number of carbonyl (C=O) groups is 3. The van der Waals surface area contributed by atoms with Crippen LogP contribution in [0.1, 0.15) is 173 Å². The summed E-state index contributed by atoms with van der Waals surface area (Å²) in [6.45, 7) is 25.6. The molecule has 46 atom stereocenters. The van der Waals surface area contributed by atoms with Gasteiger partial charge in [0, 0.05) is 5.57 Å². The molecule has 13 aliphatic rings. The van der Waals surface area contributed by atoms with E-state index in [1.807, 2.05) is 0 Å². The molecule has 136 heavy (non-hydrogen) atoms. The fourth-order valence-electron chi connectivity index (χ4n) is 23.3. The summed E-state index contributed by atoms with van der Waals surface area (Å²) in [6, 6.07) is 0. The van der Waals surface area contributed by atoms with E-state index < -0.39 is 330 Å². The van der Waals surface area contributed by atoms with Gasteiger partial charge in [0.05, 0.1) is 86.8 Å². The number of hydrogen-bond donors (Lipinski definition) is 21. The molecule has 5 aliphatic carbocycles. The van der Waals surface area contributed by atoms with E-state index in [2.05, 4.69) is 67.7 Å². The predicted octanol–water partition coefficient (Wildman–Crippen LogP) is -2.73. The first-order valence-corrected chi connectivity index (χ1v) is 47.6. The quantitative estimate of drug-likeness (QED) is 0.0110. The first kappa shape index (κ1) is 109. The molecule has 4 saturated carbocycles. The lowest BCUT2D eigenvalue weighted by Gasteiger charge is -2.71. The Balaban J connectivity index is 0.759. The Morgan fingerprint density at radius 2 is 0.941 bits per heavy atom. The standard InChI is InChI=1S/C94H148O42/c1-15-89(10,117)25-17-19-41(3)76(114)131-75-72(130-77(115)44(34-95)20-18-26-90(11,118)16-2)56(100)42(4)125-84(75)124-40-52-61(105)63(107)74(135-81-68(112)64(108)70(43(5)126-81)132-80-69(113)71(50(99)38-121-80)133-78-65(109)57(101)47(96)35-119-78)85(128-52)136-86(116)94-31-29-87(6,7)33-46(94)45-21-22-54-91(12)27-24-55(88(8,9)53(91)23-28-93(54,14)92(45,13)30-32-94)129-82-67(111)62(106)60(104)51(127-82)39-123-83-73(59(103)49(98)37-122-83)134-79-66(110)58(102)48(97)36-120-79/h15-16,19-21,42-43,46-75,78-85,95-113,117-118H,1-2,17-18,22-40H2,3-14H3/b41-19+,44-20+/t42-,43-,46-,47+,48+,49-,50+,51+,52+,53-,54+,55-,56-,57-,58-,59-,60+,61+,62-,63-,64-,65+,66+,67+,68+,69+,70-,71-,72+,73+,74+,75+,78-,79-,80-,81-,82-,83-,84+,85-,89+,90?,91-,92+,93+,94-/m0/s1. The van der Waals surface area contributed by atoms with Gasteiger partial charge in [0.2, 0.25) is 6.29 Å². The van der Waals surface area contributed by atoms with Crippen molar-refractivity contribution in [2.24, 2.45) is 50.2 Å². The lowest BCUT2D eigenvalue weighted by atomic mass is 9.33. The number of aliphatic hydroxyl groups is 21. The van der Waals surface area contributed by atoms with Crippen LogP contribution in [-0.4, -0.2) is 410 Å². The van der Waals surface area contributed by atoms with Gasteiger partial charge < -0.3 is 193 Å². The number of ether oxygens (including phenoxy) is 18. The zero-order valence-corrected chi connectivity index (χ0v) is 79.2. The van der Waals surface area contributed by atoms with Crippen LogP contribution in [0.2, 0.25) is 0 Å². The second kappa shape index (κ2) is 43.1. The molecule has 21 N–H and O–H groups in total. The van der Waals surface area contributed by atoms with Crippen LogP contribution < -0.4 is 0 Å². The van der Waals surface area contributed by atoms with Gasteiger partial charge >= 0.3 is 17.9 Å². The number of allylic oxidation sites excluding steroid dienone is 4. The van der Waals surface area contributed by atoms with Crippen molar-refractivity contribution in [1.82, 2.24) is 0 Å². The van der Waals surface area contributed by atoms with Crippen LogP contribution in [0.4, 0.5) is 0 Å². The topological polar surface area (TPSA) is 642 Å². The largest absolute Gasteiger partial charge is 0.452 e. The van der Waals surface area contributed by atoms with E-state index in [4.69, 9.17) is 85.3 Å². The van der Waals surface area contributed by atoms with E-state index >= 15 is 4.79 Å². The van der Waals surface area contributed by atoms with Crippen molar-refractivity contribution in [2.75, 3.05) is 46.2 Å². The molecule has 0 aromatic rings. The van der Waals surface area contributed by atoms with Gasteiger partial charge in [-0.25, -0.2) is 9.59 Å². The molecule has 0 radical (unpaired) electrons. The maximum Gasteiger partial charge on any atom is 0.336 e. The van der Waals surface area contributed by atoms with Crippen LogP contribution in [0.3, 0.4) is 0 Å². The Labute approximate surface area is 789 Å². The first-order valence-electron chi connectivity index (χ1n) is 47.6. The second-order valence-corrected chi connectivity index (χ2v) is 42.5. The zero-order valence-electron chi connectivity index (χ0n) is 79.2. The Morgan fingerprint density at radius 3 is 1.55 bits per heavy atom. The van der Waals surface area contributed by atoms with Crippen LogP contribution in [0.25, 0.3) is 0 Å². The Morgan fingerprint density at radius 1 is 0.456 bits per heavy atom. The summed E-state index contributed by atoms with van der Waals surface area (Å²) < 4.78 is 109. The van der Waals surface area contributed by atoms with E-state index in [0.29, 0.717) is 51.4 Å². The van der Waals surface area contributed by atoms with E-state index in [-0.39, 0.29) is 72.3 Å². The maximum atomic E-state index is 16.5. The summed E-state index contributed by atoms with van der Waals surface area (Å²) in [6.07, 6.45) is -50.3. The SMILES string of the molecule is C=CC(C)(O)CC/C=C(\CO)C(=O)O[C@@H]1[C@@H](O)[C@H](C)O[C@@H](OC[C@H]2O[C@@H](OC(=O)[C@]34CCC(C)(C)C[C@H]3C3=CC[C@@H]5[C@@]6(C)CC[C@H](O[C@@H]7O[C@H](CO[C@@H]8OC[C@H](O)[C@H](O)[C@H]8O[C@@H]8OC[C@@H](O)[C@H](O)[C@H]8O)[C@@H](O)[C@H](O)[C@H]7O)C(C)(C)[C@@H]6CC[C@@]5(C)[C@]3(C)CC4)[C@H](O[C@@H]3O[C@@H](C)[C@H](O[C@@H]4OC[C@@H](O)[C@H](O[C@@H]5OC[C@@H](O)[C@H](O)[C@H]5O)[C@H]4O)[C@@H](O)[C@H]3O)[C@@H](O)[C@@H]2O)[C@@H]1OC(=O)/C(C)=C/CC[C@](C)(O)C=C. The number of fused-ring (bicyclic) bond motifs is 7. The highest BCUT2D eigenvalue weighted by Crippen LogP contribution is 2.76. The van der Waals surface area contributed by atoms with Crippen LogP contribution in [-0.2, 0) is 99.6 Å². The minimum Gasteiger partial charge on any atom is -0.452 e. The minimum absolute atomic E-state index is 0.0225. The fourth-order valence-corrected chi connectivity index (χ4v) is 23.3. The van der Waals surface area contributed by atoms with E-state index in [1.54, 1.807) is 0 Å². The average Bonchev–Trinajstić information content (AvgIpc) is 0.672. The highest BCUT2D eigenvalue weighted by Gasteiger charge is 2.71. The number of carbonyl (C=O) groups excluding carboxylic acids is 3. The highest BCUT2D eigenvalue weighted by molar-refractivity contribution is 5.89. The third kappa shape index (κ3) is 22.0. The first-order chi connectivity index (χ1) is 63.7. The molecule has 13 rings (SSSR count). The number of esters is 3. The molecule has 42 nitrogen and oxygen atoms in total. The fraction of sp³-hybridized carbons (Fsp3) is 0.862. The van der Waals surface area contributed by atoms with Crippen LogP contribution in [0.15, 0.2) is 60.3 Å². The third-order valence-corrected chi connectivity index (χ3v) is 32.4. The van der Waals surface area contributed by atoms with Gasteiger partial charge in [-0.3, -0.25) is 4.79 Å². The van der Waals surface area contributed by atoms with E-state index in [0.717, 1.165) is 5.57 Å². The van der Waals surface area contributed by atoms with Gasteiger partial charge in [-0.15, -0.1) is 13.2 Å². The normalized spacial score (nSPS) is 48.0. The molecule has 776 valence electrons. The molecule has 0 spiro atoms. The van der Waals surface area contributed by atoms with Gasteiger partial charge in [-0.2, -0.15) is 0 Å². The molecule has 8 saturated heterocycles. The molecule has 0 aromatic carbocycles. The molecular formula is C94H148O42. The van der Waals surface area contributed by atoms with Gasteiger partial charge in [-0.05, 0) is 169 Å². The van der Waals surface area contributed by atoms with Gasteiger partial charge in [-0.1, -0.05) is 84.4 Å². The van der Waals surface area contributed by atoms with Crippen molar-refractivity contribution < 1.29 is 207 Å². The molecule has 42 heteroatoms. The van der Waals surface area contributed by atoms with Crippen LogP contribution >= 0.6 is 0 Å². The lowest BCUT2D eigenvalue weighted by Crippen LogP contribution is -2.67. The summed E-state index contributed by atoms with van der Waals surface area (Å²) in [4.78, 5) is 45.0. The molecule has 0 bridgehead atoms. The maximum absolute atomic E-state index is 16.5. The summed E-state index contributed by atoms with van der Waals surface area (Å²) >= 11 is 0. The van der Waals surface area contributed by atoms with Crippen molar-refractivity contribution >= 4 is 17.9 Å². The monoisotopic (exact) mass is 1950 g/mol. The summed E-state index contributed by atoms with van der Waals surface area (Å²) in [7, 11) is 0. The van der Waals surface area contributed by atoms with Crippen molar-refractivity contribution in [3.63, 3.8) is 0 Å². The minimum atomic E-state index is -2.21. The predicted molar refractivity (Wildman–Crippen MR) is 463 cm³/mol. The van der Waals surface area contributed by atoms with Crippen molar-refractivity contribution in [3.8, 4) is 0 Å². The Kier molecular flexibility index (Phi) is 34.6. The summed E-state index contributed by atoms with van der Waals surface area (Å²) in [5.74, 6) is -3.51. The molecule has 8 heterocycles. The number of aliphatic hydroxyl groups excluding tert-OH is 19. The number of rotatable bonds is 31. The molecule has 8 aliphatic heterocycles. The summed E-state index contributed by atoms with van der Waals surface area (Å²) in [5, 5.41) is 234. The Hall–Kier alpha value is -4.33. The molecule has 0 aromatic heterocycles. The third-order valence-electron chi connectivity index (χ3n) is 32.4. The van der Waals surface area contributed by atoms with E-state index in [9.17, 15) is 117 Å². The van der Waals surface area contributed by atoms with Crippen LogP contribution in [0, 0.1) is 50.2 Å². The Bertz CT molecular complexity index is 4150. The van der Waals surface area contributed by atoms with Crippen molar-refractivity contribution in [2.45, 2.75) is 412 Å². The van der Waals surface area contributed by atoms with Crippen molar-refractivity contribution in [3.05, 3.63) is 60.3 Å². The zero-order chi connectivity index (χ0) is 99.7. The van der Waals surface area contributed by atoms with E-state index in [1.165, 1.54) is 58.9 Å². The smallest absolute Gasteiger partial charge is 0.336 e. The summed E-state index contributed by atoms with van der Waals surface area (Å²) in [5.41, 5.74) is -5.70. The second-order valence-electron chi connectivity index (χ2n) is 42.5. The van der Waals surface area contributed by atoms with Gasteiger partial charge in [0.1, 0.15) is 140 Å². The van der Waals surface area contributed by atoms with Crippen molar-refractivity contribution in [1.29, 1.82) is 0 Å². The van der Waals surface area contributed by atoms with Gasteiger partial charge in [0.15, 0.2) is 62.3 Å². The highest BCUT2D eigenvalue weighted by atomic mass is 16.8. The number of hydrogen-bond acceptors (Lipinski definition) is 42. The molecular weight excluding hydrogens is 1800 g/mol. The lowest BCUT2D eigenvalue weighted by molar-refractivity contribution is -0.381.